The van der Waals surface area contributed by atoms with Crippen LogP contribution < -0.4 is 0 Å². The lowest BCUT2D eigenvalue weighted by atomic mass is 10.2. The van der Waals surface area contributed by atoms with Crippen molar-refractivity contribution in [2.45, 2.75) is 6.42 Å². The average Bonchev–Trinajstić information content (AvgIpc) is 1.97. The predicted octanol–water partition coefficient (Wildman–Crippen LogP) is 0.758. The summed E-state index contributed by atoms with van der Waals surface area (Å²) >= 11 is 0. The maximum atomic E-state index is 9.89. The molecule has 0 aromatic heterocycles. The molecular formula is C7H11NO3. The smallest absolute Gasteiger partial charge is 0.222 e. The summed E-state index contributed by atoms with van der Waals surface area (Å²) in [4.78, 5) is 9.46. The second-order valence-electron chi connectivity index (χ2n) is 1.97. The van der Waals surface area contributed by atoms with E-state index in [0.29, 0.717) is 12.0 Å². The highest BCUT2D eigenvalue weighted by Gasteiger charge is 1.94. The first-order valence-electron chi connectivity index (χ1n) is 3.25. The topological polar surface area (TPSA) is 63.4 Å². The number of nitro groups is 1. The number of aliphatic hydroxyl groups is 1. The summed E-state index contributed by atoms with van der Waals surface area (Å²) < 4.78 is 0. The summed E-state index contributed by atoms with van der Waals surface area (Å²) in [7, 11) is 0. The third-order valence-electron chi connectivity index (χ3n) is 1.17. The lowest BCUT2D eigenvalue weighted by Crippen LogP contribution is -1.98. The molecule has 0 bridgehead atoms. The first kappa shape index (κ1) is 9.84. The van der Waals surface area contributed by atoms with Gasteiger partial charge in [0.2, 0.25) is 6.54 Å². The lowest BCUT2D eigenvalue weighted by molar-refractivity contribution is -0.468. The Morgan fingerprint density at radius 3 is 2.73 bits per heavy atom. The van der Waals surface area contributed by atoms with Crippen molar-refractivity contribution in [2.75, 3.05) is 13.2 Å². The summed E-state index contributed by atoms with van der Waals surface area (Å²) in [5.74, 6) is 0. The first-order chi connectivity index (χ1) is 5.20. The highest BCUT2D eigenvalue weighted by atomic mass is 16.6. The van der Waals surface area contributed by atoms with Crippen molar-refractivity contribution in [2.24, 2.45) is 0 Å². The molecule has 4 nitrogen and oxygen atoms in total. The number of hydrogen-bond donors (Lipinski definition) is 1. The molecule has 0 aliphatic rings. The molecule has 0 atom stereocenters. The molecule has 0 aliphatic carbocycles. The molecule has 0 spiro atoms. The predicted molar refractivity (Wildman–Crippen MR) is 41.8 cm³/mol. The highest BCUT2D eigenvalue weighted by molar-refractivity contribution is 5.15. The minimum atomic E-state index is -0.430. The van der Waals surface area contributed by atoms with E-state index in [9.17, 15) is 10.1 Å². The van der Waals surface area contributed by atoms with Crippen LogP contribution in [0.25, 0.3) is 0 Å². The standard InChI is InChI=1S/C7H11NO3/c1-2-7(4-6-9)3-5-8(10)11/h2-3,9H,1,4-6H2/b7-3-. The van der Waals surface area contributed by atoms with Gasteiger partial charge in [-0.15, -0.1) is 0 Å². The molecule has 0 saturated carbocycles. The Labute approximate surface area is 65.0 Å². The van der Waals surface area contributed by atoms with Crippen molar-refractivity contribution >= 4 is 0 Å². The number of hydrogen-bond acceptors (Lipinski definition) is 3. The Kier molecular flexibility index (Phi) is 5.02. The number of allylic oxidation sites excluding steroid dienone is 1. The molecule has 11 heavy (non-hydrogen) atoms. The van der Waals surface area contributed by atoms with Gasteiger partial charge in [-0.2, -0.15) is 0 Å². The van der Waals surface area contributed by atoms with E-state index in [2.05, 4.69) is 6.58 Å². The van der Waals surface area contributed by atoms with Crippen molar-refractivity contribution in [3.63, 3.8) is 0 Å². The number of aliphatic hydroxyl groups excluding tert-OH is 1. The molecule has 62 valence electrons. The van der Waals surface area contributed by atoms with Gasteiger partial charge in [0.1, 0.15) is 0 Å². The summed E-state index contributed by atoms with van der Waals surface area (Å²) in [5, 5.41) is 18.4. The molecule has 0 amide bonds. The minimum Gasteiger partial charge on any atom is -0.396 e. The lowest BCUT2D eigenvalue weighted by Gasteiger charge is -1.94. The van der Waals surface area contributed by atoms with E-state index in [1.54, 1.807) is 0 Å². The van der Waals surface area contributed by atoms with Crippen LogP contribution in [0.4, 0.5) is 0 Å². The van der Waals surface area contributed by atoms with E-state index >= 15 is 0 Å². The van der Waals surface area contributed by atoms with Crippen LogP contribution in [0.5, 0.6) is 0 Å². The Morgan fingerprint density at radius 2 is 2.36 bits per heavy atom. The van der Waals surface area contributed by atoms with Crippen molar-refractivity contribution in [3.05, 3.63) is 34.4 Å². The largest absolute Gasteiger partial charge is 0.396 e. The zero-order chi connectivity index (χ0) is 8.69. The fraction of sp³-hybridized carbons (Fsp3) is 0.429. The molecule has 1 N–H and O–H groups in total. The third kappa shape index (κ3) is 5.29. The van der Waals surface area contributed by atoms with Crippen LogP contribution >= 0.6 is 0 Å². The Hall–Kier alpha value is -1.16. The van der Waals surface area contributed by atoms with Crippen LogP contribution in [-0.4, -0.2) is 23.2 Å². The molecule has 0 unspecified atom stereocenters. The Balaban J connectivity index is 3.90. The molecule has 0 aromatic rings. The average molecular weight is 157 g/mol. The van der Waals surface area contributed by atoms with Crippen LogP contribution in [0.3, 0.4) is 0 Å². The van der Waals surface area contributed by atoms with Crippen LogP contribution in [0.1, 0.15) is 6.42 Å². The van der Waals surface area contributed by atoms with Gasteiger partial charge in [-0.25, -0.2) is 0 Å². The van der Waals surface area contributed by atoms with Crippen LogP contribution in [0.15, 0.2) is 24.3 Å². The van der Waals surface area contributed by atoms with Crippen molar-refractivity contribution in [3.8, 4) is 0 Å². The maximum Gasteiger partial charge on any atom is 0.222 e. The van der Waals surface area contributed by atoms with Crippen LogP contribution in [0.2, 0.25) is 0 Å². The molecule has 0 aromatic carbocycles. The highest BCUT2D eigenvalue weighted by Crippen LogP contribution is 2.00. The monoisotopic (exact) mass is 157 g/mol. The van der Waals surface area contributed by atoms with Crippen molar-refractivity contribution in [1.29, 1.82) is 0 Å². The number of rotatable bonds is 5. The van der Waals surface area contributed by atoms with Crippen LogP contribution in [-0.2, 0) is 0 Å². The van der Waals surface area contributed by atoms with Gasteiger partial charge in [-0.3, -0.25) is 10.1 Å². The Bertz CT molecular complexity index is 175. The Morgan fingerprint density at radius 1 is 1.73 bits per heavy atom. The van der Waals surface area contributed by atoms with E-state index in [4.69, 9.17) is 5.11 Å². The zero-order valence-electron chi connectivity index (χ0n) is 6.19. The summed E-state index contributed by atoms with van der Waals surface area (Å²) in [6.45, 7) is 3.24. The minimum absolute atomic E-state index is 0.00440. The molecule has 0 radical (unpaired) electrons. The quantitative estimate of drug-likeness (QED) is 0.364. The van der Waals surface area contributed by atoms with E-state index < -0.39 is 4.92 Å². The SMILES string of the molecule is C=C/C(=C/C[N+](=O)[O-])CCO. The second-order valence-corrected chi connectivity index (χ2v) is 1.97. The normalized spacial score (nSPS) is 11.2. The van der Waals surface area contributed by atoms with E-state index in [1.807, 2.05) is 0 Å². The second kappa shape index (κ2) is 5.61. The maximum absolute atomic E-state index is 9.89. The fourth-order valence-corrected chi connectivity index (χ4v) is 0.608. The van der Waals surface area contributed by atoms with Gasteiger partial charge in [0.05, 0.1) is 0 Å². The van der Waals surface area contributed by atoms with Crippen molar-refractivity contribution < 1.29 is 10.0 Å². The third-order valence-corrected chi connectivity index (χ3v) is 1.17. The molecule has 4 heteroatoms. The molecule has 0 fully saturated rings. The van der Waals surface area contributed by atoms with Crippen molar-refractivity contribution in [1.82, 2.24) is 0 Å². The molecule has 0 heterocycles. The number of nitrogens with zero attached hydrogens (tertiary/aromatic N) is 1. The molecule has 0 rings (SSSR count). The fourth-order valence-electron chi connectivity index (χ4n) is 0.608. The van der Waals surface area contributed by atoms with Crippen LogP contribution in [0, 0.1) is 10.1 Å². The van der Waals surface area contributed by atoms with E-state index in [0.717, 1.165) is 0 Å². The molecular weight excluding hydrogens is 146 g/mol. The van der Waals surface area contributed by atoms with E-state index in [1.165, 1.54) is 12.2 Å². The zero-order valence-corrected chi connectivity index (χ0v) is 6.19. The van der Waals surface area contributed by atoms with E-state index in [-0.39, 0.29) is 13.2 Å². The summed E-state index contributed by atoms with van der Waals surface area (Å²) in [6, 6.07) is 0. The summed E-state index contributed by atoms with van der Waals surface area (Å²) in [6.07, 6.45) is 3.39. The summed E-state index contributed by atoms with van der Waals surface area (Å²) in [5.41, 5.74) is 0.712. The van der Waals surface area contributed by atoms with Gasteiger partial charge < -0.3 is 5.11 Å². The molecule has 0 aliphatic heterocycles. The van der Waals surface area contributed by atoms with Gasteiger partial charge in [-0.1, -0.05) is 12.7 Å². The molecule has 0 saturated heterocycles. The van der Waals surface area contributed by atoms with Gasteiger partial charge >= 0.3 is 0 Å². The van der Waals surface area contributed by atoms with Gasteiger partial charge in [0.25, 0.3) is 0 Å². The van der Waals surface area contributed by atoms with Gasteiger partial charge in [0.15, 0.2) is 0 Å². The van der Waals surface area contributed by atoms with Gasteiger partial charge in [-0.05, 0) is 18.1 Å². The van der Waals surface area contributed by atoms with Gasteiger partial charge in [0, 0.05) is 11.5 Å². The first-order valence-corrected chi connectivity index (χ1v) is 3.25.